The van der Waals surface area contributed by atoms with Gasteiger partial charge in [0.25, 0.3) is 0 Å². The van der Waals surface area contributed by atoms with Crippen molar-refractivity contribution in [3.8, 4) is 0 Å². The molecule has 5 heteroatoms. The Morgan fingerprint density at radius 3 is 2.65 bits per heavy atom. The molecule has 0 saturated carbocycles. The minimum atomic E-state index is 0.195. The number of rotatable bonds is 8. The Labute approximate surface area is 103 Å². The van der Waals surface area contributed by atoms with Crippen molar-refractivity contribution in [1.29, 1.82) is 0 Å². The van der Waals surface area contributed by atoms with E-state index >= 15 is 0 Å². The first-order valence-electron chi connectivity index (χ1n) is 6.31. The van der Waals surface area contributed by atoms with E-state index in [0.717, 1.165) is 19.4 Å². The van der Waals surface area contributed by atoms with Crippen molar-refractivity contribution >= 4 is 0 Å². The minimum Gasteiger partial charge on any atom is -0.395 e. The van der Waals surface area contributed by atoms with Gasteiger partial charge in [0.05, 0.1) is 6.61 Å². The van der Waals surface area contributed by atoms with Crippen molar-refractivity contribution in [3.63, 3.8) is 0 Å². The Hall–Kier alpha value is -0.940. The summed E-state index contributed by atoms with van der Waals surface area (Å²) in [4.78, 5) is 3.91. The maximum atomic E-state index is 9.29. The monoisotopic (exact) mass is 240 g/mol. The van der Waals surface area contributed by atoms with Crippen LogP contribution in [0.2, 0.25) is 0 Å². The number of aryl methyl sites for hydroxylation is 1. The minimum absolute atomic E-state index is 0.195. The van der Waals surface area contributed by atoms with E-state index in [9.17, 15) is 5.11 Å². The quantitative estimate of drug-likeness (QED) is 0.713. The number of aromatic nitrogens is 3. The van der Waals surface area contributed by atoms with Crippen molar-refractivity contribution in [3.05, 3.63) is 12.7 Å². The van der Waals surface area contributed by atoms with Gasteiger partial charge in [0.15, 0.2) is 0 Å². The van der Waals surface area contributed by atoms with E-state index in [1.807, 2.05) is 4.68 Å². The maximum Gasteiger partial charge on any atom is 0.137 e. The summed E-state index contributed by atoms with van der Waals surface area (Å²) >= 11 is 0. The molecule has 1 rings (SSSR count). The third-order valence-corrected chi connectivity index (χ3v) is 2.75. The van der Waals surface area contributed by atoms with Crippen LogP contribution in [0.25, 0.3) is 0 Å². The highest BCUT2D eigenvalue weighted by Crippen LogP contribution is 2.06. The summed E-state index contributed by atoms with van der Waals surface area (Å²) in [5, 5.41) is 16.8. The topological polar surface area (TPSA) is 63.0 Å². The molecule has 0 spiro atoms. The molecule has 0 saturated heterocycles. The van der Waals surface area contributed by atoms with E-state index in [1.54, 1.807) is 12.7 Å². The number of nitrogens with one attached hydrogen (secondary N) is 1. The third-order valence-electron chi connectivity index (χ3n) is 2.75. The van der Waals surface area contributed by atoms with Crippen LogP contribution < -0.4 is 5.32 Å². The predicted octanol–water partition coefficient (Wildman–Crippen LogP) is 1.05. The van der Waals surface area contributed by atoms with Crippen LogP contribution in [-0.4, -0.2) is 38.6 Å². The number of hydrogen-bond acceptors (Lipinski definition) is 4. The molecular formula is C12H24N4O. The highest BCUT2D eigenvalue weighted by Gasteiger charge is 2.12. The molecule has 2 unspecified atom stereocenters. The van der Waals surface area contributed by atoms with Gasteiger partial charge in [-0.25, -0.2) is 4.98 Å². The van der Waals surface area contributed by atoms with Crippen LogP contribution in [-0.2, 0) is 6.54 Å². The van der Waals surface area contributed by atoms with Crippen molar-refractivity contribution in [2.45, 2.75) is 52.2 Å². The molecule has 0 amide bonds. The van der Waals surface area contributed by atoms with Gasteiger partial charge in [-0.3, -0.25) is 4.68 Å². The SMILES string of the molecule is CC(C)CC(CO)NC(C)CCn1cncn1. The van der Waals surface area contributed by atoms with Crippen molar-refractivity contribution in [2.75, 3.05) is 6.61 Å². The second-order valence-electron chi connectivity index (χ2n) is 5.02. The van der Waals surface area contributed by atoms with Crippen molar-refractivity contribution in [2.24, 2.45) is 5.92 Å². The van der Waals surface area contributed by atoms with Crippen LogP contribution in [0.3, 0.4) is 0 Å². The van der Waals surface area contributed by atoms with E-state index in [2.05, 4.69) is 36.2 Å². The fourth-order valence-electron chi connectivity index (χ4n) is 1.92. The summed E-state index contributed by atoms with van der Waals surface area (Å²) in [6.45, 7) is 7.54. The molecule has 5 nitrogen and oxygen atoms in total. The summed E-state index contributed by atoms with van der Waals surface area (Å²) in [5.74, 6) is 0.599. The zero-order chi connectivity index (χ0) is 12.7. The summed E-state index contributed by atoms with van der Waals surface area (Å²) in [7, 11) is 0. The van der Waals surface area contributed by atoms with Gasteiger partial charge in [-0.1, -0.05) is 13.8 Å². The first-order valence-corrected chi connectivity index (χ1v) is 6.31. The van der Waals surface area contributed by atoms with E-state index in [-0.39, 0.29) is 12.6 Å². The molecule has 0 aliphatic rings. The molecule has 17 heavy (non-hydrogen) atoms. The smallest absolute Gasteiger partial charge is 0.137 e. The van der Waals surface area contributed by atoms with Gasteiger partial charge in [-0.15, -0.1) is 0 Å². The van der Waals surface area contributed by atoms with Crippen LogP contribution in [0, 0.1) is 5.92 Å². The largest absolute Gasteiger partial charge is 0.395 e. The summed E-state index contributed by atoms with van der Waals surface area (Å²) < 4.78 is 1.83. The summed E-state index contributed by atoms with van der Waals surface area (Å²) in [6, 6.07) is 0.566. The van der Waals surface area contributed by atoms with Gasteiger partial charge >= 0.3 is 0 Å². The zero-order valence-electron chi connectivity index (χ0n) is 11.0. The van der Waals surface area contributed by atoms with E-state index in [1.165, 1.54) is 0 Å². The molecule has 0 bridgehead atoms. The number of nitrogens with zero attached hydrogens (tertiary/aromatic N) is 3. The van der Waals surface area contributed by atoms with Gasteiger partial charge in [-0.05, 0) is 25.7 Å². The second kappa shape index (κ2) is 7.40. The van der Waals surface area contributed by atoms with Gasteiger partial charge < -0.3 is 10.4 Å². The summed E-state index contributed by atoms with van der Waals surface area (Å²) in [6.07, 6.45) is 5.26. The maximum absolute atomic E-state index is 9.29. The number of hydrogen-bond donors (Lipinski definition) is 2. The highest BCUT2D eigenvalue weighted by atomic mass is 16.3. The average molecular weight is 240 g/mol. The fourth-order valence-corrected chi connectivity index (χ4v) is 1.92. The van der Waals surface area contributed by atoms with Gasteiger partial charge in [0.2, 0.25) is 0 Å². The zero-order valence-corrected chi connectivity index (χ0v) is 11.0. The molecule has 2 N–H and O–H groups in total. The third kappa shape index (κ3) is 5.79. The van der Waals surface area contributed by atoms with Crippen LogP contribution in [0.15, 0.2) is 12.7 Å². The van der Waals surface area contributed by atoms with Gasteiger partial charge in [0.1, 0.15) is 12.7 Å². The van der Waals surface area contributed by atoms with E-state index < -0.39 is 0 Å². The first kappa shape index (κ1) is 14.1. The molecule has 1 heterocycles. The van der Waals surface area contributed by atoms with Crippen LogP contribution in [0.1, 0.15) is 33.6 Å². The lowest BCUT2D eigenvalue weighted by molar-refractivity contribution is 0.211. The van der Waals surface area contributed by atoms with E-state index in [4.69, 9.17) is 0 Å². The molecule has 2 atom stereocenters. The highest BCUT2D eigenvalue weighted by molar-refractivity contribution is 4.72. The molecular weight excluding hydrogens is 216 g/mol. The lowest BCUT2D eigenvalue weighted by atomic mass is 10.0. The Morgan fingerprint density at radius 2 is 2.12 bits per heavy atom. The lowest BCUT2D eigenvalue weighted by Gasteiger charge is -2.23. The first-order chi connectivity index (χ1) is 8.11. The Kier molecular flexibility index (Phi) is 6.15. The van der Waals surface area contributed by atoms with Crippen LogP contribution in [0.4, 0.5) is 0 Å². The normalized spacial score (nSPS) is 15.1. The molecule has 1 aromatic heterocycles. The average Bonchev–Trinajstić information content (AvgIpc) is 2.77. The molecule has 0 aromatic carbocycles. The van der Waals surface area contributed by atoms with E-state index in [0.29, 0.717) is 12.0 Å². The fraction of sp³-hybridized carbons (Fsp3) is 0.833. The second-order valence-corrected chi connectivity index (χ2v) is 5.02. The van der Waals surface area contributed by atoms with Gasteiger partial charge in [-0.2, -0.15) is 5.10 Å². The molecule has 1 aromatic rings. The predicted molar refractivity (Wildman–Crippen MR) is 67.6 cm³/mol. The van der Waals surface area contributed by atoms with Crippen LogP contribution >= 0.6 is 0 Å². The molecule has 0 aliphatic heterocycles. The lowest BCUT2D eigenvalue weighted by Crippen LogP contribution is -2.40. The molecule has 0 aliphatic carbocycles. The number of aliphatic hydroxyl groups excluding tert-OH is 1. The van der Waals surface area contributed by atoms with Crippen molar-refractivity contribution < 1.29 is 5.11 Å². The Bertz CT molecular complexity index is 287. The standard InChI is InChI=1S/C12H24N4O/c1-10(2)6-12(7-17)15-11(3)4-5-16-9-13-8-14-16/h8-12,15,17H,4-7H2,1-3H3. The molecule has 0 fully saturated rings. The molecule has 98 valence electrons. The number of aliphatic hydroxyl groups is 1. The Balaban J connectivity index is 2.24. The van der Waals surface area contributed by atoms with Crippen LogP contribution in [0.5, 0.6) is 0 Å². The Morgan fingerprint density at radius 1 is 1.35 bits per heavy atom. The van der Waals surface area contributed by atoms with Crippen molar-refractivity contribution in [1.82, 2.24) is 20.1 Å². The summed E-state index contributed by atoms with van der Waals surface area (Å²) in [5.41, 5.74) is 0. The molecule has 0 radical (unpaired) electrons. The van der Waals surface area contributed by atoms with Gasteiger partial charge in [0, 0.05) is 18.6 Å².